The Morgan fingerprint density at radius 1 is 1.30 bits per heavy atom. The zero-order valence-electron chi connectivity index (χ0n) is 14.9. The largest absolute Gasteiger partial charge is 0.296 e. The molecule has 0 fully saturated rings. The van der Waals surface area contributed by atoms with Crippen molar-refractivity contribution >= 4 is 33.4 Å². The number of rotatable bonds is 5. The van der Waals surface area contributed by atoms with E-state index in [1.165, 1.54) is 22.1 Å². The van der Waals surface area contributed by atoms with Crippen molar-refractivity contribution in [1.29, 1.82) is 0 Å². The number of carbonyl (C=O) groups is 1. The summed E-state index contributed by atoms with van der Waals surface area (Å²) in [5.74, 6) is -0.181. The van der Waals surface area contributed by atoms with Gasteiger partial charge in [-0.15, -0.1) is 17.9 Å². The first-order valence-electron chi connectivity index (χ1n) is 9.02. The summed E-state index contributed by atoms with van der Waals surface area (Å²) in [5, 5.41) is 0.693. The Labute approximate surface area is 160 Å². The number of fused-ring (bicyclic) bond motifs is 2. The fourth-order valence-electron chi connectivity index (χ4n) is 3.37. The second-order valence-electron chi connectivity index (χ2n) is 6.54. The van der Waals surface area contributed by atoms with E-state index in [2.05, 4.69) is 11.6 Å². The summed E-state index contributed by atoms with van der Waals surface area (Å²) in [6, 6.07) is 7.32. The van der Waals surface area contributed by atoms with Crippen LogP contribution in [0.25, 0.3) is 11.0 Å². The number of anilines is 1. The highest BCUT2D eigenvalue weighted by Gasteiger charge is 2.23. The first-order chi connectivity index (χ1) is 13.2. The van der Waals surface area contributed by atoms with Gasteiger partial charge in [-0.25, -0.2) is 9.97 Å². The van der Waals surface area contributed by atoms with Crippen molar-refractivity contribution < 1.29 is 4.79 Å². The monoisotopic (exact) mass is 380 g/mol. The molecule has 0 bridgehead atoms. The minimum atomic E-state index is -0.293. The molecule has 0 aliphatic heterocycles. The molecule has 1 amide bonds. The molecule has 2 aromatic heterocycles. The van der Waals surface area contributed by atoms with E-state index in [0.717, 1.165) is 25.0 Å². The maximum absolute atomic E-state index is 13.1. The van der Waals surface area contributed by atoms with Crippen LogP contribution in [0, 0.1) is 0 Å². The Balaban J connectivity index is 1.68. The van der Waals surface area contributed by atoms with Crippen LogP contribution >= 0.6 is 11.3 Å². The smallest absolute Gasteiger partial charge is 0.269 e. The van der Waals surface area contributed by atoms with E-state index >= 15 is 0 Å². The molecule has 0 saturated heterocycles. The molecule has 0 unspecified atom stereocenters. The lowest BCUT2D eigenvalue weighted by Crippen LogP contribution is -2.37. The summed E-state index contributed by atoms with van der Waals surface area (Å²) >= 11 is 1.58. The van der Waals surface area contributed by atoms with Crippen LogP contribution in [0.5, 0.6) is 0 Å². The molecule has 0 atom stereocenters. The number of para-hydroxylation sites is 2. The number of aryl methyl sites for hydroxylation is 2. The molecule has 0 spiro atoms. The summed E-state index contributed by atoms with van der Waals surface area (Å²) in [7, 11) is 0. The van der Waals surface area contributed by atoms with Crippen LogP contribution in [0.15, 0.2) is 47.9 Å². The summed E-state index contributed by atoms with van der Waals surface area (Å²) < 4.78 is 1.47. The Morgan fingerprint density at radius 2 is 2.11 bits per heavy atom. The number of benzene rings is 1. The lowest BCUT2D eigenvalue weighted by atomic mass is 10.0. The van der Waals surface area contributed by atoms with Crippen molar-refractivity contribution in [3.05, 3.63) is 64.0 Å². The quantitative estimate of drug-likeness (QED) is 0.638. The van der Waals surface area contributed by atoms with Gasteiger partial charge in [-0.3, -0.25) is 19.1 Å². The van der Waals surface area contributed by atoms with E-state index in [1.807, 2.05) is 18.2 Å². The van der Waals surface area contributed by atoms with E-state index in [1.54, 1.807) is 28.4 Å². The summed E-state index contributed by atoms with van der Waals surface area (Å²) in [6.45, 7) is 4.08. The van der Waals surface area contributed by atoms with Gasteiger partial charge in [-0.2, -0.15) is 0 Å². The average molecular weight is 380 g/mol. The molecule has 3 aromatic rings. The van der Waals surface area contributed by atoms with Crippen LogP contribution in [-0.4, -0.2) is 27.0 Å². The predicted octanol–water partition coefficient (Wildman–Crippen LogP) is 2.95. The Bertz CT molecular complexity index is 1050. The van der Waals surface area contributed by atoms with Gasteiger partial charge < -0.3 is 0 Å². The number of thiazole rings is 1. The normalized spacial score (nSPS) is 13.3. The van der Waals surface area contributed by atoms with E-state index in [0.29, 0.717) is 22.7 Å². The van der Waals surface area contributed by atoms with Crippen LogP contribution in [0.4, 0.5) is 5.13 Å². The standard InChI is InChI=1S/C20H20N4O2S/c1-2-11-23(20-22-15-8-4-6-10-17(15)27-20)19(26)13-24-16-9-5-3-7-14(16)21-12-18(24)25/h2-3,5,7,9,12H,1,4,6,8,10-11,13H2. The molecule has 1 aliphatic carbocycles. The van der Waals surface area contributed by atoms with Gasteiger partial charge in [0.15, 0.2) is 5.13 Å². The van der Waals surface area contributed by atoms with Gasteiger partial charge in [0, 0.05) is 11.4 Å². The van der Waals surface area contributed by atoms with Gasteiger partial charge in [0.05, 0.1) is 22.9 Å². The van der Waals surface area contributed by atoms with Crippen LogP contribution in [0.3, 0.4) is 0 Å². The number of nitrogens with zero attached hydrogens (tertiary/aromatic N) is 4. The number of aromatic nitrogens is 3. The number of amides is 1. The summed E-state index contributed by atoms with van der Waals surface area (Å²) in [5.41, 5.74) is 2.15. The fourth-order valence-corrected chi connectivity index (χ4v) is 4.54. The van der Waals surface area contributed by atoms with E-state index in [-0.39, 0.29) is 18.0 Å². The van der Waals surface area contributed by atoms with Gasteiger partial charge in [-0.1, -0.05) is 18.2 Å². The number of hydrogen-bond acceptors (Lipinski definition) is 5. The molecule has 1 aliphatic rings. The van der Waals surface area contributed by atoms with Crippen molar-refractivity contribution in [3.8, 4) is 0 Å². The molecule has 138 valence electrons. The Hall–Kier alpha value is -2.80. The van der Waals surface area contributed by atoms with Crippen molar-refractivity contribution in [2.24, 2.45) is 0 Å². The average Bonchev–Trinajstić information content (AvgIpc) is 3.12. The molecule has 6 nitrogen and oxygen atoms in total. The zero-order valence-corrected chi connectivity index (χ0v) is 15.7. The molecule has 4 rings (SSSR count). The van der Waals surface area contributed by atoms with Gasteiger partial charge >= 0.3 is 0 Å². The van der Waals surface area contributed by atoms with Crippen LogP contribution in [-0.2, 0) is 24.2 Å². The van der Waals surface area contributed by atoms with Crippen molar-refractivity contribution in [2.75, 3.05) is 11.4 Å². The maximum Gasteiger partial charge on any atom is 0.269 e. The van der Waals surface area contributed by atoms with Crippen LogP contribution < -0.4 is 10.5 Å². The third kappa shape index (κ3) is 3.42. The predicted molar refractivity (Wildman–Crippen MR) is 107 cm³/mol. The first-order valence-corrected chi connectivity index (χ1v) is 9.83. The number of hydrogen-bond donors (Lipinski definition) is 0. The van der Waals surface area contributed by atoms with Crippen molar-refractivity contribution in [2.45, 2.75) is 32.2 Å². The Kier molecular flexibility index (Phi) is 4.85. The van der Waals surface area contributed by atoms with Gasteiger partial charge in [0.2, 0.25) is 5.91 Å². The van der Waals surface area contributed by atoms with Crippen LogP contribution in [0.2, 0.25) is 0 Å². The maximum atomic E-state index is 13.1. The molecule has 27 heavy (non-hydrogen) atoms. The third-order valence-corrected chi connectivity index (χ3v) is 5.90. The Morgan fingerprint density at radius 3 is 2.93 bits per heavy atom. The molecule has 0 radical (unpaired) electrons. The topological polar surface area (TPSA) is 68.1 Å². The van der Waals surface area contributed by atoms with Gasteiger partial charge in [0.25, 0.3) is 5.56 Å². The lowest BCUT2D eigenvalue weighted by molar-refractivity contribution is -0.119. The van der Waals surface area contributed by atoms with Gasteiger partial charge in [-0.05, 0) is 37.8 Å². The fraction of sp³-hybridized carbons (Fsp3) is 0.300. The highest BCUT2D eigenvalue weighted by atomic mass is 32.1. The molecular weight excluding hydrogens is 360 g/mol. The SMILES string of the molecule is C=CCN(C(=O)Cn1c(=O)cnc2ccccc21)c1nc2c(s1)CCCC2. The van der Waals surface area contributed by atoms with Crippen molar-refractivity contribution in [1.82, 2.24) is 14.5 Å². The minimum Gasteiger partial charge on any atom is -0.296 e. The molecule has 0 saturated carbocycles. The van der Waals surface area contributed by atoms with E-state index < -0.39 is 0 Å². The minimum absolute atomic E-state index is 0.0556. The summed E-state index contributed by atoms with van der Waals surface area (Å²) in [6.07, 6.45) is 7.25. The highest BCUT2D eigenvalue weighted by molar-refractivity contribution is 7.16. The summed E-state index contributed by atoms with van der Waals surface area (Å²) in [4.78, 5) is 37.1. The molecular formula is C20H20N4O2S. The zero-order chi connectivity index (χ0) is 18.8. The second-order valence-corrected chi connectivity index (χ2v) is 7.60. The molecule has 0 N–H and O–H groups in total. The third-order valence-electron chi connectivity index (χ3n) is 4.72. The van der Waals surface area contributed by atoms with Gasteiger partial charge in [0.1, 0.15) is 6.54 Å². The first kappa shape index (κ1) is 17.6. The van der Waals surface area contributed by atoms with E-state index in [9.17, 15) is 9.59 Å². The molecule has 7 heteroatoms. The molecule has 1 aromatic carbocycles. The second kappa shape index (κ2) is 7.44. The number of carbonyl (C=O) groups excluding carboxylic acids is 1. The van der Waals surface area contributed by atoms with Crippen LogP contribution in [0.1, 0.15) is 23.4 Å². The molecule has 2 heterocycles. The van der Waals surface area contributed by atoms with E-state index in [4.69, 9.17) is 4.98 Å². The highest BCUT2D eigenvalue weighted by Crippen LogP contribution is 2.32. The van der Waals surface area contributed by atoms with Crippen molar-refractivity contribution in [3.63, 3.8) is 0 Å². The lowest BCUT2D eigenvalue weighted by Gasteiger charge is -2.19.